The Morgan fingerprint density at radius 1 is 1.03 bits per heavy atom. The molecular formula is C26H22F4N4O. The molecule has 2 aromatic heterocycles. The first-order valence-corrected chi connectivity index (χ1v) is 10.8. The van der Waals surface area contributed by atoms with Crippen LogP contribution in [0.5, 0.6) is 0 Å². The van der Waals surface area contributed by atoms with Crippen molar-refractivity contribution < 1.29 is 22.3 Å². The molecule has 0 unspecified atom stereocenters. The largest absolute Gasteiger partial charge is 0.416 e. The van der Waals surface area contributed by atoms with Gasteiger partial charge >= 0.3 is 6.18 Å². The van der Waals surface area contributed by atoms with E-state index >= 15 is 0 Å². The van der Waals surface area contributed by atoms with Crippen molar-refractivity contribution in [2.75, 3.05) is 6.61 Å². The van der Waals surface area contributed by atoms with Gasteiger partial charge in [-0.05, 0) is 37.1 Å². The fourth-order valence-electron chi connectivity index (χ4n) is 3.59. The Morgan fingerprint density at radius 3 is 2.49 bits per heavy atom. The molecule has 0 fully saturated rings. The average molecular weight is 482 g/mol. The number of halogens is 4. The van der Waals surface area contributed by atoms with Crippen molar-refractivity contribution >= 4 is 5.57 Å². The number of hydrogen-bond acceptors (Lipinski definition) is 4. The summed E-state index contributed by atoms with van der Waals surface area (Å²) in [4.78, 5) is 8.60. The zero-order chi connectivity index (χ0) is 25.0. The van der Waals surface area contributed by atoms with Crippen molar-refractivity contribution in [2.24, 2.45) is 0 Å². The summed E-state index contributed by atoms with van der Waals surface area (Å²) in [7, 11) is 0. The number of alkyl halides is 3. The Labute approximate surface area is 199 Å². The lowest BCUT2D eigenvalue weighted by molar-refractivity contribution is -0.137. The molecule has 180 valence electrons. The van der Waals surface area contributed by atoms with E-state index in [4.69, 9.17) is 4.74 Å². The van der Waals surface area contributed by atoms with Crippen molar-refractivity contribution in [3.8, 4) is 5.82 Å². The van der Waals surface area contributed by atoms with Gasteiger partial charge in [-0.3, -0.25) is 0 Å². The zero-order valence-corrected chi connectivity index (χ0v) is 19.1. The highest BCUT2D eigenvalue weighted by Gasteiger charge is 2.31. The normalized spacial score (nSPS) is 12.2. The molecule has 0 spiro atoms. The summed E-state index contributed by atoms with van der Waals surface area (Å²) in [6.45, 7) is 4.03. The second-order valence-electron chi connectivity index (χ2n) is 7.90. The first-order valence-electron chi connectivity index (χ1n) is 10.8. The van der Waals surface area contributed by atoms with Gasteiger partial charge in [0.15, 0.2) is 5.82 Å². The zero-order valence-electron chi connectivity index (χ0n) is 19.1. The van der Waals surface area contributed by atoms with Crippen LogP contribution in [0.1, 0.15) is 33.8 Å². The molecule has 0 N–H and O–H groups in total. The van der Waals surface area contributed by atoms with Crippen LogP contribution in [0.4, 0.5) is 17.6 Å². The number of hydrogen-bond donors (Lipinski definition) is 0. The number of aryl methyl sites for hydroxylation is 2. The third kappa shape index (κ3) is 5.99. The van der Waals surface area contributed by atoms with E-state index in [1.54, 1.807) is 25.3 Å². The molecule has 0 saturated heterocycles. The van der Waals surface area contributed by atoms with E-state index < -0.39 is 17.6 Å². The van der Waals surface area contributed by atoms with Crippen LogP contribution in [0.15, 0.2) is 73.1 Å². The maximum Gasteiger partial charge on any atom is 0.416 e. The molecule has 35 heavy (non-hydrogen) atoms. The van der Waals surface area contributed by atoms with Gasteiger partial charge in [0.05, 0.1) is 25.0 Å². The van der Waals surface area contributed by atoms with E-state index in [0.717, 1.165) is 23.4 Å². The summed E-state index contributed by atoms with van der Waals surface area (Å²) in [6, 6.07) is 13.7. The number of aromatic nitrogens is 4. The fraction of sp³-hybridized carbons (Fsp3) is 0.192. The van der Waals surface area contributed by atoms with Gasteiger partial charge < -0.3 is 4.74 Å². The van der Waals surface area contributed by atoms with E-state index in [0.29, 0.717) is 35.5 Å². The van der Waals surface area contributed by atoms with Gasteiger partial charge in [-0.2, -0.15) is 18.3 Å². The number of benzene rings is 2. The standard InChI is InChI=1S/C26H22F4N4O/c1-17-12-25(33-18(2)32-17)34-15-20(14-31-34)22(10-11-35-16-19-6-4-3-5-7-19)23-9-8-21(13-24(23)27)26(28,29)30/h3-10,12-15H,11,16H2,1-2H3/b22-10+. The molecular weight excluding hydrogens is 460 g/mol. The van der Waals surface area contributed by atoms with Gasteiger partial charge in [0.25, 0.3) is 0 Å². The quantitative estimate of drug-likeness (QED) is 0.236. The highest BCUT2D eigenvalue weighted by atomic mass is 19.4. The Bertz CT molecular complexity index is 1330. The molecule has 0 saturated carbocycles. The van der Waals surface area contributed by atoms with Crippen molar-refractivity contribution in [1.29, 1.82) is 0 Å². The third-order valence-electron chi connectivity index (χ3n) is 5.18. The summed E-state index contributed by atoms with van der Waals surface area (Å²) in [5.41, 5.74) is 1.53. The van der Waals surface area contributed by atoms with E-state index in [2.05, 4.69) is 15.1 Å². The molecule has 2 heterocycles. The molecule has 0 amide bonds. The Hall–Kier alpha value is -3.85. The van der Waals surface area contributed by atoms with Crippen molar-refractivity contribution in [2.45, 2.75) is 26.6 Å². The minimum atomic E-state index is -4.64. The number of nitrogens with zero attached hydrogens (tertiary/aromatic N) is 4. The third-order valence-corrected chi connectivity index (χ3v) is 5.18. The second-order valence-corrected chi connectivity index (χ2v) is 7.90. The minimum Gasteiger partial charge on any atom is -0.373 e. The van der Waals surface area contributed by atoms with Gasteiger partial charge in [0.1, 0.15) is 11.6 Å². The van der Waals surface area contributed by atoms with Gasteiger partial charge in [-0.25, -0.2) is 19.0 Å². The van der Waals surface area contributed by atoms with Gasteiger partial charge in [-0.15, -0.1) is 0 Å². The highest BCUT2D eigenvalue weighted by Crippen LogP contribution is 2.33. The molecule has 0 aliphatic heterocycles. The molecule has 4 aromatic rings. The van der Waals surface area contributed by atoms with E-state index in [-0.39, 0.29) is 12.2 Å². The topological polar surface area (TPSA) is 52.8 Å². The molecule has 4 rings (SSSR count). The first kappa shape index (κ1) is 24.3. The second kappa shape index (κ2) is 10.2. The molecule has 5 nitrogen and oxygen atoms in total. The average Bonchev–Trinajstić information content (AvgIpc) is 3.29. The van der Waals surface area contributed by atoms with Crippen molar-refractivity contribution in [3.63, 3.8) is 0 Å². The van der Waals surface area contributed by atoms with Crippen LogP contribution < -0.4 is 0 Å². The molecule has 0 aliphatic carbocycles. The fourth-order valence-corrected chi connectivity index (χ4v) is 3.59. The maximum atomic E-state index is 14.9. The van der Waals surface area contributed by atoms with Crippen LogP contribution in [-0.2, 0) is 17.5 Å². The molecule has 0 bridgehead atoms. The SMILES string of the molecule is Cc1cc(-n2cc(/C(=C\COCc3ccccc3)c3ccc(C(F)(F)F)cc3F)cn2)nc(C)n1. The summed E-state index contributed by atoms with van der Waals surface area (Å²) >= 11 is 0. The summed E-state index contributed by atoms with van der Waals surface area (Å²) in [5, 5.41) is 4.32. The summed E-state index contributed by atoms with van der Waals surface area (Å²) < 4.78 is 61.3. The van der Waals surface area contributed by atoms with Gasteiger partial charge in [0.2, 0.25) is 0 Å². The molecule has 0 aliphatic rings. The van der Waals surface area contributed by atoms with Crippen LogP contribution in [0.2, 0.25) is 0 Å². The lowest BCUT2D eigenvalue weighted by Crippen LogP contribution is -2.06. The lowest BCUT2D eigenvalue weighted by atomic mass is 9.98. The van der Waals surface area contributed by atoms with E-state index in [9.17, 15) is 17.6 Å². The van der Waals surface area contributed by atoms with E-state index in [1.165, 1.54) is 10.9 Å². The summed E-state index contributed by atoms with van der Waals surface area (Å²) in [5.74, 6) is 0.0975. The Morgan fingerprint density at radius 2 is 1.80 bits per heavy atom. The van der Waals surface area contributed by atoms with E-state index in [1.807, 2.05) is 37.3 Å². The van der Waals surface area contributed by atoms with Crippen LogP contribution >= 0.6 is 0 Å². The van der Waals surface area contributed by atoms with Gasteiger partial charge in [0, 0.05) is 29.1 Å². The number of rotatable bonds is 7. The number of ether oxygens (including phenoxy) is 1. The molecule has 2 aromatic carbocycles. The van der Waals surface area contributed by atoms with Crippen molar-refractivity contribution in [3.05, 3.63) is 113 Å². The molecule has 9 heteroatoms. The predicted octanol–water partition coefficient (Wildman–Crippen LogP) is 6.09. The molecule has 0 radical (unpaired) electrons. The van der Waals surface area contributed by atoms with Gasteiger partial charge in [-0.1, -0.05) is 42.5 Å². The summed E-state index contributed by atoms with van der Waals surface area (Å²) in [6.07, 6.45) is 0.135. The lowest BCUT2D eigenvalue weighted by Gasteiger charge is -2.12. The monoisotopic (exact) mass is 482 g/mol. The highest BCUT2D eigenvalue weighted by molar-refractivity contribution is 5.79. The smallest absolute Gasteiger partial charge is 0.373 e. The Kier molecular flexibility index (Phi) is 7.07. The molecule has 0 atom stereocenters. The van der Waals surface area contributed by atoms with Crippen LogP contribution in [0.3, 0.4) is 0 Å². The van der Waals surface area contributed by atoms with Crippen molar-refractivity contribution in [1.82, 2.24) is 19.7 Å². The van der Waals surface area contributed by atoms with Crippen LogP contribution in [0.25, 0.3) is 11.4 Å². The predicted molar refractivity (Wildman–Crippen MR) is 123 cm³/mol. The van der Waals surface area contributed by atoms with Crippen LogP contribution in [0, 0.1) is 19.7 Å². The Balaban J connectivity index is 1.67. The minimum absolute atomic E-state index is 0.0101. The first-order chi connectivity index (χ1) is 16.7. The van der Waals surface area contributed by atoms with Crippen LogP contribution in [-0.4, -0.2) is 26.4 Å². The maximum absolute atomic E-state index is 14.9.